The van der Waals surface area contributed by atoms with E-state index >= 15 is 0 Å². The van der Waals surface area contributed by atoms with Gasteiger partial charge in [-0.2, -0.15) is 0 Å². The minimum absolute atomic E-state index is 0.0845. The fraction of sp³-hybridized carbons (Fsp3) is 0.357. The summed E-state index contributed by atoms with van der Waals surface area (Å²) in [7, 11) is 0. The largest absolute Gasteiger partial charge is 0.332 e. The van der Waals surface area contributed by atoms with Crippen molar-refractivity contribution in [2.45, 2.75) is 32.2 Å². The molecule has 0 radical (unpaired) electrons. The minimum Gasteiger partial charge on any atom is -0.332 e. The average molecular weight is 230 g/mol. The van der Waals surface area contributed by atoms with Crippen molar-refractivity contribution in [2.75, 3.05) is 0 Å². The smallest absolute Gasteiger partial charge is 0.126 e. The van der Waals surface area contributed by atoms with Gasteiger partial charge in [-0.05, 0) is 31.4 Å². The van der Waals surface area contributed by atoms with Crippen molar-refractivity contribution in [1.29, 1.82) is 0 Å². The summed E-state index contributed by atoms with van der Waals surface area (Å²) < 4.78 is 16.0. The number of fused-ring (bicyclic) bond motifs is 1. The molecule has 1 atom stereocenters. The first kappa shape index (κ1) is 10.5. The number of hydrogen-bond donors (Lipinski definition) is 0. The number of imidazole rings is 1. The van der Waals surface area contributed by atoms with E-state index in [2.05, 4.69) is 9.55 Å². The van der Waals surface area contributed by atoms with Gasteiger partial charge in [0.25, 0.3) is 0 Å². The molecule has 0 bridgehead atoms. The Morgan fingerprint density at radius 1 is 1.35 bits per heavy atom. The van der Waals surface area contributed by atoms with Crippen LogP contribution in [-0.4, -0.2) is 9.55 Å². The second kappa shape index (κ2) is 3.99. The molecular formula is C14H15FN2. The summed E-state index contributed by atoms with van der Waals surface area (Å²) in [5.41, 5.74) is 2.11. The lowest BCUT2D eigenvalue weighted by Gasteiger charge is -2.25. The van der Waals surface area contributed by atoms with Crippen molar-refractivity contribution in [3.05, 3.63) is 53.4 Å². The number of rotatable bonds is 1. The van der Waals surface area contributed by atoms with Crippen LogP contribution in [0.25, 0.3) is 0 Å². The monoisotopic (exact) mass is 230 g/mol. The van der Waals surface area contributed by atoms with Crippen LogP contribution < -0.4 is 0 Å². The quantitative estimate of drug-likeness (QED) is 0.736. The van der Waals surface area contributed by atoms with Gasteiger partial charge in [-0.3, -0.25) is 0 Å². The molecule has 1 aliphatic rings. The average Bonchev–Trinajstić information content (AvgIpc) is 2.71. The fourth-order valence-corrected chi connectivity index (χ4v) is 2.66. The normalized spacial score (nSPS) is 19.1. The summed E-state index contributed by atoms with van der Waals surface area (Å²) in [6.45, 7) is 2.86. The molecule has 17 heavy (non-hydrogen) atoms. The van der Waals surface area contributed by atoms with Crippen molar-refractivity contribution in [2.24, 2.45) is 0 Å². The van der Waals surface area contributed by atoms with E-state index in [-0.39, 0.29) is 11.7 Å². The molecule has 2 aromatic rings. The number of aromatic nitrogens is 2. The molecule has 2 heterocycles. The molecule has 0 aliphatic carbocycles. The summed E-state index contributed by atoms with van der Waals surface area (Å²) in [6, 6.07) is 7.10. The summed E-state index contributed by atoms with van der Waals surface area (Å²) in [5.74, 6) is 1.22. The molecule has 1 unspecified atom stereocenters. The Balaban J connectivity index is 1.94. The molecule has 1 aromatic carbocycles. The topological polar surface area (TPSA) is 17.8 Å². The summed E-state index contributed by atoms with van der Waals surface area (Å²) in [4.78, 5) is 4.32. The van der Waals surface area contributed by atoms with E-state index < -0.39 is 0 Å². The summed E-state index contributed by atoms with van der Waals surface area (Å²) >= 11 is 0. The molecule has 0 N–H and O–H groups in total. The van der Waals surface area contributed by atoms with Crippen LogP contribution in [0.4, 0.5) is 4.39 Å². The van der Waals surface area contributed by atoms with Crippen LogP contribution in [0.15, 0.2) is 30.5 Å². The van der Waals surface area contributed by atoms with Crippen LogP contribution >= 0.6 is 0 Å². The van der Waals surface area contributed by atoms with Crippen molar-refractivity contribution < 1.29 is 4.39 Å². The van der Waals surface area contributed by atoms with Gasteiger partial charge in [0.2, 0.25) is 0 Å². The number of nitrogens with zero attached hydrogens (tertiary/aromatic N) is 2. The highest BCUT2D eigenvalue weighted by molar-refractivity contribution is 5.24. The molecule has 0 amide bonds. The Morgan fingerprint density at radius 3 is 3.00 bits per heavy atom. The van der Waals surface area contributed by atoms with Gasteiger partial charge in [-0.25, -0.2) is 9.37 Å². The third-order valence-corrected chi connectivity index (χ3v) is 3.63. The Bertz CT molecular complexity index is 545. The number of benzene rings is 1. The first-order chi connectivity index (χ1) is 8.25. The van der Waals surface area contributed by atoms with Crippen LogP contribution in [0.1, 0.15) is 29.4 Å². The second-order valence-electron chi connectivity index (χ2n) is 4.66. The van der Waals surface area contributed by atoms with Crippen molar-refractivity contribution in [3.8, 4) is 0 Å². The highest BCUT2D eigenvalue weighted by Crippen LogP contribution is 2.30. The molecule has 0 fully saturated rings. The van der Waals surface area contributed by atoms with Gasteiger partial charge < -0.3 is 4.57 Å². The lowest BCUT2D eigenvalue weighted by Crippen LogP contribution is -2.20. The van der Waals surface area contributed by atoms with Crippen molar-refractivity contribution >= 4 is 0 Å². The van der Waals surface area contributed by atoms with E-state index in [1.165, 1.54) is 5.69 Å². The summed E-state index contributed by atoms with van der Waals surface area (Å²) in [6.07, 6.45) is 3.93. The number of halogens is 1. The Morgan fingerprint density at radius 2 is 2.18 bits per heavy atom. The highest BCUT2D eigenvalue weighted by Gasteiger charge is 2.23. The Hall–Kier alpha value is -1.64. The molecule has 1 aromatic heterocycles. The molecular weight excluding hydrogens is 215 g/mol. The Labute approximate surface area is 100 Å². The van der Waals surface area contributed by atoms with Gasteiger partial charge in [0.05, 0.1) is 0 Å². The van der Waals surface area contributed by atoms with E-state index in [0.29, 0.717) is 0 Å². The van der Waals surface area contributed by atoms with Gasteiger partial charge in [-0.15, -0.1) is 0 Å². The molecule has 0 saturated heterocycles. The van der Waals surface area contributed by atoms with Crippen LogP contribution in [0.5, 0.6) is 0 Å². The molecule has 3 heteroatoms. The molecule has 0 spiro atoms. The van der Waals surface area contributed by atoms with Gasteiger partial charge in [0, 0.05) is 24.4 Å². The maximum absolute atomic E-state index is 13.8. The minimum atomic E-state index is -0.0845. The zero-order chi connectivity index (χ0) is 11.8. The van der Waals surface area contributed by atoms with Gasteiger partial charge in [0.15, 0.2) is 0 Å². The third kappa shape index (κ3) is 1.75. The third-order valence-electron chi connectivity index (χ3n) is 3.63. The van der Waals surface area contributed by atoms with Crippen LogP contribution in [0.3, 0.4) is 0 Å². The number of hydrogen-bond acceptors (Lipinski definition) is 1. The molecule has 2 nitrogen and oxygen atoms in total. The second-order valence-corrected chi connectivity index (χ2v) is 4.66. The maximum atomic E-state index is 13.8. The van der Waals surface area contributed by atoms with E-state index in [0.717, 1.165) is 30.8 Å². The Kier molecular flexibility index (Phi) is 2.46. The molecule has 88 valence electrons. The van der Waals surface area contributed by atoms with Crippen LogP contribution in [-0.2, 0) is 13.0 Å². The van der Waals surface area contributed by atoms with Gasteiger partial charge in [-0.1, -0.05) is 18.2 Å². The molecule has 0 saturated carbocycles. The van der Waals surface area contributed by atoms with Crippen molar-refractivity contribution in [1.82, 2.24) is 9.55 Å². The SMILES string of the molecule is Cc1ncc2n1CC(c1ccccc1F)CC2. The zero-order valence-corrected chi connectivity index (χ0v) is 9.86. The number of aryl methyl sites for hydroxylation is 2. The van der Waals surface area contributed by atoms with E-state index in [1.807, 2.05) is 25.3 Å². The predicted molar refractivity (Wildman–Crippen MR) is 64.4 cm³/mol. The van der Waals surface area contributed by atoms with Gasteiger partial charge in [0.1, 0.15) is 11.6 Å². The van der Waals surface area contributed by atoms with Gasteiger partial charge >= 0.3 is 0 Å². The first-order valence-electron chi connectivity index (χ1n) is 6.01. The zero-order valence-electron chi connectivity index (χ0n) is 9.86. The van der Waals surface area contributed by atoms with Crippen LogP contribution in [0.2, 0.25) is 0 Å². The van der Waals surface area contributed by atoms with Crippen molar-refractivity contribution in [3.63, 3.8) is 0 Å². The maximum Gasteiger partial charge on any atom is 0.126 e. The van der Waals surface area contributed by atoms with E-state index in [4.69, 9.17) is 0 Å². The summed E-state index contributed by atoms with van der Waals surface area (Å²) in [5, 5.41) is 0. The highest BCUT2D eigenvalue weighted by atomic mass is 19.1. The lowest BCUT2D eigenvalue weighted by molar-refractivity contribution is 0.440. The van der Waals surface area contributed by atoms with Crippen LogP contribution in [0, 0.1) is 12.7 Å². The standard InChI is InChI=1S/C14H15FN2/c1-10-16-8-12-7-6-11(9-17(10)12)13-4-2-3-5-14(13)15/h2-5,8,11H,6-7,9H2,1H3. The first-order valence-corrected chi connectivity index (χ1v) is 6.01. The molecule has 1 aliphatic heterocycles. The van der Waals surface area contributed by atoms with E-state index in [1.54, 1.807) is 12.1 Å². The molecule has 3 rings (SSSR count). The predicted octanol–water partition coefficient (Wildman–Crippen LogP) is 3.06. The fourth-order valence-electron chi connectivity index (χ4n) is 2.66. The van der Waals surface area contributed by atoms with E-state index in [9.17, 15) is 4.39 Å². The lowest BCUT2D eigenvalue weighted by atomic mass is 9.90.